The van der Waals surface area contributed by atoms with Crippen LogP contribution in [0, 0.1) is 0 Å². The first kappa shape index (κ1) is 17.3. The Morgan fingerprint density at radius 1 is 1.04 bits per heavy atom. The van der Waals surface area contributed by atoms with E-state index in [4.69, 9.17) is 11.6 Å². The molecule has 0 aliphatic rings. The number of benzene rings is 1. The lowest BCUT2D eigenvalue weighted by Crippen LogP contribution is -2.29. The highest BCUT2D eigenvalue weighted by Gasteiger charge is 2.12. The van der Waals surface area contributed by atoms with Gasteiger partial charge in [-0.3, -0.25) is 20.6 Å². The summed E-state index contributed by atoms with van der Waals surface area (Å²) in [5.74, 6) is 0.463. The lowest BCUT2D eigenvalue weighted by Gasteiger charge is -2.11. The molecule has 3 rings (SSSR count). The summed E-state index contributed by atoms with van der Waals surface area (Å²) in [4.78, 5) is 20.8. The van der Waals surface area contributed by atoms with Gasteiger partial charge in [-0.1, -0.05) is 11.6 Å². The average molecular weight is 371 g/mol. The van der Waals surface area contributed by atoms with Gasteiger partial charge in [0.2, 0.25) is 0 Å². The molecule has 3 aromatic rings. The van der Waals surface area contributed by atoms with Gasteiger partial charge in [-0.2, -0.15) is 0 Å². The van der Waals surface area contributed by atoms with Crippen LogP contribution in [0.3, 0.4) is 0 Å². The molecular formula is C18H15ClN4OS. The Morgan fingerprint density at radius 2 is 1.80 bits per heavy atom. The molecule has 0 saturated carbocycles. The number of pyridine rings is 2. The topological polar surface area (TPSA) is 66.9 Å². The minimum atomic E-state index is -0.250. The summed E-state index contributed by atoms with van der Waals surface area (Å²) < 4.78 is 0. The zero-order valence-corrected chi connectivity index (χ0v) is 14.7. The molecule has 2 heterocycles. The summed E-state index contributed by atoms with van der Waals surface area (Å²) in [5, 5.41) is 1.31. The highest BCUT2D eigenvalue weighted by atomic mass is 35.5. The number of rotatable bonds is 6. The Labute approximate surface area is 154 Å². The first-order valence-electron chi connectivity index (χ1n) is 7.51. The van der Waals surface area contributed by atoms with Crippen LogP contribution in [-0.2, 0) is 5.75 Å². The molecule has 5 nitrogen and oxygen atoms in total. The summed E-state index contributed by atoms with van der Waals surface area (Å²) in [7, 11) is 0. The number of carbonyl (C=O) groups excluding carboxylic acids is 1. The number of thioether (sulfide) groups is 1. The van der Waals surface area contributed by atoms with Crippen molar-refractivity contribution in [3.63, 3.8) is 0 Å². The highest BCUT2D eigenvalue weighted by molar-refractivity contribution is 7.98. The van der Waals surface area contributed by atoms with Crippen molar-refractivity contribution in [2.24, 2.45) is 0 Å². The van der Waals surface area contributed by atoms with Gasteiger partial charge in [0, 0.05) is 29.4 Å². The van der Waals surface area contributed by atoms with Crippen molar-refractivity contribution in [3.05, 3.63) is 83.3 Å². The van der Waals surface area contributed by atoms with E-state index in [1.807, 2.05) is 12.1 Å². The summed E-state index contributed by atoms with van der Waals surface area (Å²) in [6.07, 6.45) is 5.17. The normalized spacial score (nSPS) is 10.3. The Bertz CT molecular complexity index is 843. The SMILES string of the molecule is O=C(NNc1ccc(Cl)cc1)c1cccnc1SCc1ccncc1. The summed E-state index contributed by atoms with van der Waals surface area (Å²) in [6.45, 7) is 0. The van der Waals surface area contributed by atoms with Gasteiger partial charge in [0.15, 0.2) is 0 Å². The molecule has 2 aromatic heterocycles. The van der Waals surface area contributed by atoms with Gasteiger partial charge in [-0.05, 0) is 54.1 Å². The zero-order chi connectivity index (χ0) is 17.5. The fourth-order valence-corrected chi connectivity index (χ4v) is 3.11. The molecule has 0 radical (unpaired) electrons. The second-order valence-corrected chi connectivity index (χ2v) is 6.49. The predicted molar refractivity (Wildman–Crippen MR) is 101 cm³/mol. The van der Waals surface area contributed by atoms with Gasteiger partial charge < -0.3 is 0 Å². The minimum absolute atomic E-state index is 0.250. The molecule has 0 saturated heterocycles. The van der Waals surface area contributed by atoms with E-state index in [0.717, 1.165) is 11.3 Å². The monoisotopic (exact) mass is 370 g/mol. The summed E-state index contributed by atoms with van der Waals surface area (Å²) in [6, 6.07) is 14.4. The van der Waals surface area contributed by atoms with Gasteiger partial charge in [-0.25, -0.2) is 4.98 Å². The van der Waals surface area contributed by atoms with Crippen LogP contribution in [0.1, 0.15) is 15.9 Å². The molecule has 0 unspecified atom stereocenters. The van der Waals surface area contributed by atoms with E-state index in [0.29, 0.717) is 21.4 Å². The molecule has 2 N–H and O–H groups in total. The highest BCUT2D eigenvalue weighted by Crippen LogP contribution is 2.24. The van der Waals surface area contributed by atoms with Crippen LogP contribution in [0.15, 0.2) is 72.1 Å². The number of carbonyl (C=O) groups is 1. The molecule has 0 aliphatic carbocycles. The van der Waals surface area contributed by atoms with Gasteiger partial charge >= 0.3 is 0 Å². The largest absolute Gasteiger partial charge is 0.298 e. The maximum absolute atomic E-state index is 12.5. The predicted octanol–water partition coefficient (Wildman–Crippen LogP) is 4.18. The maximum atomic E-state index is 12.5. The molecule has 25 heavy (non-hydrogen) atoms. The molecule has 0 bridgehead atoms. The molecule has 1 amide bonds. The number of hydrogen-bond donors (Lipinski definition) is 2. The van der Waals surface area contributed by atoms with Crippen molar-refractivity contribution in [1.82, 2.24) is 15.4 Å². The van der Waals surface area contributed by atoms with E-state index in [9.17, 15) is 4.79 Å². The van der Waals surface area contributed by atoms with Gasteiger partial charge in [-0.15, -0.1) is 11.8 Å². The molecule has 0 fully saturated rings. The number of hydrogen-bond acceptors (Lipinski definition) is 5. The van der Waals surface area contributed by atoms with Crippen molar-refractivity contribution in [2.75, 3.05) is 5.43 Å². The Balaban J connectivity index is 1.64. The van der Waals surface area contributed by atoms with E-state index in [1.54, 1.807) is 55.0 Å². The first-order chi connectivity index (χ1) is 12.2. The van der Waals surface area contributed by atoms with Crippen molar-refractivity contribution < 1.29 is 4.79 Å². The molecule has 0 atom stereocenters. The fourth-order valence-electron chi connectivity index (χ4n) is 2.04. The Morgan fingerprint density at radius 3 is 2.56 bits per heavy atom. The number of amides is 1. The van der Waals surface area contributed by atoms with Gasteiger partial charge in [0.05, 0.1) is 11.3 Å². The zero-order valence-electron chi connectivity index (χ0n) is 13.1. The quantitative estimate of drug-likeness (QED) is 0.503. The van der Waals surface area contributed by atoms with Crippen LogP contribution >= 0.6 is 23.4 Å². The van der Waals surface area contributed by atoms with Crippen LogP contribution in [0.4, 0.5) is 5.69 Å². The van der Waals surface area contributed by atoms with E-state index < -0.39 is 0 Å². The second-order valence-electron chi connectivity index (χ2n) is 5.09. The standard InChI is InChI=1S/C18H15ClN4OS/c19-14-3-5-15(6-4-14)22-23-17(24)16-2-1-9-21-18(16)25-12-13-7-10-20-11-8-13/h1-11,22H,12H2,(H,23,24). The van der Waals surface area contributed by atoms with E-state index >= 15 is 0 Å². The number of halogens is 1. The van der Waals surface area contributed by atoms with Crippen LogP contribution in [-0.4, -0.2) is 15.9 Å². The van der Waals surface area contributed by atoms with Gasteiger partial charge in [0.1, 0.15) is 5.03 Å². The second kappa shape index (κ2) is 8.50. The fraction of sp³-hybridized carbons (Fsp3) is 0.0556. The van der Waals surface area contributed by atoms with Crippen LogP contribution in [0.2, 0.25) is 5.02 Å². The molecule has 126 valence electrons. The first-order valence-corrected chi connectivity index (χ1v) is 8.87. The molecule has 1 aromatic carbocycles. The third kappa shape index (κ3) is 4.95. The number of hydrazine groups is 1. The van der Waals surface area contributed by atoms with Crippen molar-refractivity contribution in [2.45, 2.75) is 10.8 Å². The van der Waals surface area contributed by atoms with E-state index in [1.165, 1.54) is 11.8 Å². The molecule has 0 spiro atoms. The van der Waals surface area contributed by atoms with Crippen LogP contribution in [0.25, 0.3) is 0 Å². The van der Waals surface area contributed by atoms with Crippen LogP contribution < -0.4 is 10.9 Å². The third-order valence-electron chi connectivity index (χ3n) is 3.31. The van der Waals surface area contributed by atoms with E-state index in [-0.39, 0.29) is 5.91 Å². The number of aromatic nitrogens is 2. The van der Waals surface area contributed by atoms with Crippen molar-refractivity contribution in [3.8, 4) is 0 Å². The molecular weight excluding hydrogens is 356 g/mol. The minimum Gasteiger partial charge on any atom is -0.298 e. The molecule has 7 heteroatoms. The van der Waals surface area contributed by atoms with Crippen LogP contribution in [0.5, 0.6) is 0 Å². The Hall–Kier alpha value is -2.57. The summed E-state index contributed by atoms with van der Waals surface area (Å²) >= 11 is 7.35. The van der Waals surface area contributed by atoms with E-state index in [2.05, 4.69) is 20.8 Å². The molecule has 0 aliphatic heterocycles. The van der Waals surface area contributed by atoms with Crippen molar-refractivity contribution >= 4 is 35.0 Å². The van der Waals surface area contributed by atoms with Crippen molar-refractivity contribution in [1.29, 1.82) is 0 Å². The Kier molecular flexibility index (Phi) is 5.87. The maximum Gasteiger partial charge on any atom is 0.272 e. The number of nitrogens with one attached hydrogen (secondary N) is 2. The lowest BCUT2D eigenvalue weighted by atomic mass is 10.3. The third-order valence-corrected chi connectivity index (χ3v) is 4.63. The number of nitrogens with zero attached hydrogens (tertiary/aromatic N) is 2. The van der Waals surface area contributed by atoms with Gasteiger partial charge in [0.25, 0.3) is 5.91 Å². The number of anilines is 1. The summed E-state index contributed by atoms with van der Waals surface area (Å²) in [5.41, 5.74) is 7.93. The average Bonchev–Trinajstić information content (AvgIpc) is 2.67. The lowest BCUT2D eigenvalue weighted by molar-refractivity contribution is 0.0959. The smallest absolute Gasteiger partial charge is 0.272 e.